The van der Waals surface area contributed by atoms with Crippen LogP contribution in [0.3, 0.4) is 0 Å². The lowest BCUT2D eigenvalue weighted by molar-refractivity contribution is -0.161. The van der Waals surface area contributed by atoms with Gasteiger partial charge < -0.3 is 19.9 Å². The molecule has 0 saturated heterocycles. The van der Waals surface area contributed by atoms with Crippen LogP contribution in [-0.4, -0.2) is 37.2 Å². The van der Waals surface area contributed by atoms with E-state index in [1.54, 1.807) is 32.9 Å². The summed E-state index contributed by atoms with van der Waals surface area (Å²) in [4.78, 5) is 34.8. The van der Waals surface area contributed by atoms with Crippen LogP contribution in [0.2, 0.25) is 5.02 Å². The van der Waals surface area contributed by atoms with Crippen LogP contribution >= 0.6 is 11.6 Å². The zero-order chi connectivity index (χ0) is 23.4. The number of primary amides is 1. The highest BCUT2D eigenvalue weighted by Gasteiger charge is 2.26. The Labute approximate surface area is 189 Å². The molecule has 0 aromatic heterocycles. The molecule has 0 aliphatic heterocycles. The van der Waals surface area contributed by atoms with Crippen LogP contribution in [0.5, 0.6) is 5.75 Å². The van der Waals surface area contributed by atoms with E-state index in [1.165, 1.54) is 7.11 Å². The number of halogens is 1. The Bertz CT molecular complexity index is 744. The van der Waals surface area contributed by atoms with Gasteiger partial charge in [0, 0.05) is 17.9 Å². The number of hydrogen-bond acceptors (Lipinski definition) is 6. The van der Waals surface area contributed by atoms with Crippen LogP contribution in [0, 0.1) is 5.92 Å². The molecule has 0 unspecified atom stereocenters. The van der Waals surface area contributed by atoms with E-state index in [0.29, 0.717) is 17.2 Å². The largest absolute Gasteiger partial charge is 0.493 e. The normalized spacial score (nSPS) is 12.2. The van der Waals surface area contributed by atoms with E-state index < -0.39 is 23.4 Å². The average molecular weight is 456 g/mol. The molecule has 1 atom stereocenters. The van der Waals surface area contributed by atoms with Gasteiger partial charge in [-0.3, -0.25) is 14.4 Å². The first-order valence-corrected chi connectivity index (χ1v) is 10.9. The summed E-state index contributed by atoms with van der Waals surface area (Å²) in [5.74, 6) is -1.13. The smallest absolute Gasteiger partial charge is 0.312 e. The first-order valence-electron chi connectivity index (χ1n) is 10.5. The van der Waals surface area contributed by atoms with Crippen molar-refractivity contribution in [2.75, 3.05) is 13.7 Å². The summed E-state index contributed by atoms with van der Waals surface area (Å²) < 4.78 is 15.9. The van der Waals surface area contributed by atoms with Gasteiger partial charge >= 0.3 is 11.9 Å². The Morgan fingerprint density at radius 3 is 2.42 bits per heavy atom. The van der Waals surface area contributed by atoms with Gasteiger partial charge in [-0.2, -0.15) is 0 Å². The van der Waals surface area contributed by atoms with E-state index in [2.05, 4.69) is 4.74 Å². The van der Waals surface area contributed by atoms with Crippen molar-refractivity contribution in [2.24, 2.45) is 11.7 Å². The van der Waals surface area contributed by atoms with Crippen molar-refractivity contribution in [3.63, 3.8) is 0 Å². The van der Waals surface area contributed by atoms with Gasteiger partial charge in [0.15, 0.2) is 0 Å². The van der Waals surface area contributed by atoms with Gasteiger partial charge in [-0.25, -0.2) is 0 Å². The number of nitrogens with two attached hydrogens (primary N) is 1. The Kier molecular flexibility index (Phi) is 11.4. The standard InChI is InChI=1S/C23H34ClNO6/c1-23(2,3)31-22(28)17(10-13-20(25)26)15-30-18-11-12-19(24)16(14-18)8-6-5-7-9-21(27)29-4/h11-12,14,17H,5-10,13,15H2,1-4H3,(H2,25,26)/t17-/m0/s1. The quantitative estimate of drug-likeness (QED) is 0.352. The van der Waals surface area contributed by atoms with Crippen molar-refractivity contribution in [2.45, 2.75) is 71.3 Å². The molecule has 8 heteroatoms. The average Bonchev–Trinajstić information content (AvgIpc) is 2.67. The van der Waals surface area contributed by atoms with E-state index in [0.717, 1.165) is 31.2 Å². The van der Waals surface area contributed by atoms with Crippen molar-refractivity contribution in [1.29, 1.82) is 0 Å². The van der Waals surface area contributed by atoms with E-state index >= 15 is 0 Å². The minimum absolute atomic E-state index is 0.0718. The van der Waals surface area contributed by atoms with Gasteiger partial charge in [-0.05, 0) is 70.2 Å². The number of aryl methyl sites for hydroxylation is 1. The van der Waals surface area contributed by atoms with Crippen LogP contribution < -0.4 is 10.5 Å². The van der Waals surface area contributed by atoms with Crippen LogP contribution in [0.25, 0.3) is 0 Å². The highest BCUT2D eigenvalue weighted by molar-refractivity contribution is 6.31. The molecule has 0 bridgehead atoms. The van der Waals surface area contributed by atoms with Crippen molar-refractivity contribution in [3.8, 4) is 5.75 Å². The molecule has 0 aliphatic rings. The number of unbranched alkanes of at least 4 members (excludes halogenated alkanes) is 2. The SMILES string of the molecule is COC(=O)CCCCCc1cc(OC[C@H](CCC(N)=O)C(=O)OC(C)(C)C)ccc1Cl. The number of amides is 1. The van der Waals surface area contributed by atoms with Gasteiger partial charge in [-0.1, -0.05) is 18.0 Å². The molecule has 2 N–H and O–H groups in total. The molecule has 0 radical (unpaired) electrons. The molecule has 31 heavy (non-hydrogen) atoms. The lowest BCUT2D eigenvalue weighted by atomic mass is 10.0. The van der Waals surface area contributed by atoms with E-state index in [4.69, 9.17) is 26.8 Å². The second kappa shape index (κ2) is 13.2. The van der Waals surface area contributed by atoms with Crippen LogP contribution in [-0.2, 0) is 30.3 Å². The van der Waals surface area contributed by atoms with Gasteiger partial charge in [-0.15, -0.1) is 0 Å². The van der Waals surface area contributed by atoms with E-state index in [-0.39, 0.29) is 25.4 Å². The molecule has 174 valence electrons. The van der Waals surface area contributed by atoms with Crippen molar-refractivity contribution >= 4 is 29.4 Å². The summed E-state index contributed by atoms with van der Waals surface area (Å²) in [6, 6.07) is 5.35. The second-order valence-corrected chi connectivity index (χ2v) is 8.84. The zero-order valence-electron chi connectivity index (χ0n) is 18.9. The molecule has 1 aromatic rings. The summed E-state index contributed by atoms with van der Waals surface area (Å²) in [6.07, 6.45) is 4.00. The number of hydrogen-bond donors (Lipinski definition) is 1. The predicted molar refractivity (Wildman–Crippen MR) is 119 cm³/mol. The van der Waals surface area contributed by atoms with E-state index in [9.17, 15) is 14.4 Å². The third-order valence-electron chi connectivity index (χ3n) is 4.50. The topological polar surface area (TPSA) is 105 Å². The first kappa shape index (κ1) is 26.8. The fourth-order valence-corrected chi connectivity index (χ4v) is 3.08. The number of carbonyl (C=O) groups is 3. The zero-order valence-corrected chi connectivity index (χ0v) is 19.6. The van der Waals surface area contributed by atoms with Crippen molar-refractivity contribution in [3.05, 3.63) is 28.8 Å². The molecular formula is C23H34ClNO6. The monoisotopic (exact) mass is 455 g/mol. The molecule has 1 rings (SSSR count). The number of carbonyl (C=O) groups excluding carboxylic acids is 3. The Morgan fingerprint density at radius 2 is 1.81 bits per heavy atom. The Balaban J connectivity index is 2.67. The lowest BCUT2D eigenvalue weighted by Gasteiger charge is -2.24. The second-order valence-electron chi connectivity index (χ2n) is 8.44. The molecule has 1 aromatic carbocycles. The van der Waals surface area contributed by atoms with Gasteiger partial charge in [0.05, 0.1) is 13.0 Å². The first-order chi connectivity index (χ1) is 14.5. The van der Waals surface area contributed by atoms with Gasteiger partial charge in [0.25, 0.3) is 0 Å². The maximum atomic E-state index is 12.5. The molecule has 0 heterocycles. The molecule has 0 saturated carbocycles. The fraction of sp³-hybridized carbons (Fsp3) is 0.609. The summed E-state index contributed by atoms with van der Waals surface area (Å²) in [6.45, 7) is 5.43. The Morgan fingerprint density at radius 1 is 1.10 bits per heavy atom. The van der Waals surface area contributed by atoms with Crippen LogP contribution in [0.15, 0.2) is 18.2 Å². The third kappa shape index (κ3) is 11.6. The minimum atomic E-state index is -0.636. The molecule has 0 aliphatic carbocycles. The number of esters is 2. The van der Waals surface area contributed by atoms with Crippen molar-refractivity contribution in [1.82, 2.24) is 0 Å². The molecule has 0 fully saturated rings. The molecular weight excluding hydrogens is 422 g/mol. The third-order valence-corrected chi connectivity index (χ3v) is 4.87. The summed E-state index contributed by atoms with van der Waals surface area (Å²) >= 11 is 6.30. The number of methoxy groups -OCH3 is 1. The summed E-state index contributed by atoms with van der Waals surface area (Å²) in [5.41, 5.74) is 5.53. The number of benzene rings is 1. The highest BCUT2D eigenvalue weighted by atomic mass is 35.5. The lowest BCUT2D eigenvalue weighted by Crippen LogP contribution is -2.32. The molecule has 1 amide bonds. The Hall–Kier alpha value is -2.28. The molecule has 0 spiro atoms. The number of rotatable bonds is 13. The molecule has 7 nitrogen and oxygen atoms in total. The summed E-state index contributed by atoms with van der Waals surface area (Å²) in [7, 11) is 1.38. The number of ether oxygens (including phenoxy) is 3. The van der Waals surface area contributed by atoms with E-state index in [1.807, 2.05) is 6.07 Å². The van der Waals surface area contributed by atoms with Gasteiger partial charge in [0.1, 0.15) is 18.0 Å². The fourth-order valence-electron chi connectivity index (χ4n) is 2.86. The highest BCUT2D eigenvalue weighted by Crippen LogP contribution is 2.25. The van der Waals surface area contributed by atoms with Crippen LogP contribution in [0.4, 0.5) is 0 Å². The predicted octanol–water partition coefficient (Wildman–Crippen LogP) is 4.22. The summed E-state index contributed by atoms with van der Waals surface area (Å²) in [5, 5.41) is 0.637. The maximum Gasteiger partial charge on any atom is 0.312 e. The maximum absolute atomic E-state index is 12.5. The van der Waals surface area contributed by atoms with Gasteiger partial charge in [0.2, 0.25) is 5.91 Å². The van der Waals surface area contributed by atoms with Crippen LogP contribution in [0.1, 0.15) is 64.9 Å². The minimum Gasteiger partial charge on any atom is -0.493 e. The van der Waals surface area contributed by atoms with Crippen molar-refractivity contribution < 1.29 is 28.6 Å².